The third-order valence-corrected chi connectivity index (χ3v) is 5.59. The van der Waals surface area contributed by atoms with Crippen molar-refractivity contribution in [2.75, 3.05) is 49.6 Å². The van der Waals surface area contributed by atoms with E-state index in [0.717, 1.165) is 45.0 Å². The molecule has 0 N–H and O–H groups in total. The van der Waals surface area contributed by atoms with E-state index in [9.17, 15) is 4.79 Å². The van der Waals surface area contributed by atoms with E-state index in [4.69, 9.17) is 0 Å². The first-order chi connectivity index (χ1) is 12.6. The lowest BCUT2D eigenvalue weighted by atomic mass is 9.99. The fraction of sp³-hybridized carbons (Fsp3) is 0.500. The van der Waals surface area contributed by atoms with Gasteiger partial charge in [0, 0.05) is 65.1 Å². The molecule has 0 bridgehead atoms. The summed E-state index contributed by atoms with van der Waals surface area (Å²) < 4.78 is 1.37. The maximum absolute atomic E-state index is 11.8. The monoisotopic (exact) mass is 353 g/mol. The minimum absolute atomic E-state index is 0.0519. The molecule has 0 radical (unpaired) electrons. The van der Waals surface area contributed by atoms with Gasteiger partial charge in [0.05, 0.1) is 11.9 Å². The molecule has 0 amide bonds. The maximum atomic E-state index is 11.8. The first-order valence-electron chi connectivity index (χ1n) is 9.44. The van der Waals surface area contributed by atoms with Crippen LogP contribution >= 0.6 is 0 Å². The fourth-order valence-electron chi connectivity index (χ4n) is 3.99. The molecule has 0 spiro atoms. The van der Waals surface area contributed by atoms with Gasteiger partial charge in [-0.25, -0.2) is 4.68 Å². The minimum atomic E-state index is -0.0519. The molecule has 1 aromatic carbocycles. The molecule has 6 heteroatoms. The van der Waals surface area contributed by atoms with Crippen molar-refractivity contribution in [2.45, 2.75) is 19.4 Å². The zero-order valence-electron chi connectivity index (χ0n) is 15.7. The Labute approximate surface area is 154 Å². The van der Waals surface area contributed by atoms with Crippen molar-refractivity contribution in [3.63, 3.8) is 0 Å². The van der Waals surface area contributed by atoms with Gasteiger partial charge in [0.15, 0.2) is 0 Å². The largest absolute Gasteiger partial charge is 0.374 e. The zero-order valence-corrected chi connectivity index (χ0v) is 15.7. The Kier molecular flexibility index (Phi) is 4.68. The van der Waals surface area contributed by atoms with Gasteiger partial charge >= 0.3 is 0 Å². The molecule has 26 heavy (non-hydrogen) atoms. The summed E-state index contributed by atoms with van der Waals surface area (Å²) in [5.74, 6) is 0. The highest BCUT2D eigenvalue weighted by Gasteiger charge is 2.19. The number of piperazine rings is 1. The molecule has 0 unspecified atom stereocenters. The summed E-state index contributed by atoms with van der Waals surface area (Å²) in [6.07, 6.45) is 4.23. The summed E-state index contributed by atoms with van der Waals surface area (Å²) in [5.41, 5.74) is 5.17. The molecule has 1 fully saturated rings. The fourth-order valence-corrected chi connectivity index (χ4v) is 3.99. The lowest BCUT2D eigenvalue weighted by Gasteiger charge is -2.36. The van der Waals surface area contributed by atoms with E-state index in [1.165, 1.54) is 34.3 Å². The Bertz CT molecular complexity index is 838. The Morgan fingerprint density at radius 1 is 1.04 bits per heavy atom. The summed E-state index contributed by atoms with van der Waals surface area (Å²) >= 11 is 0. The molecule has 0 aliphatic carbocycles. The van der Waals surface area contributed by atoms with E-state index in [2.05, 4.69) is 45.0 Å². The van der Waals surface area contributed by atoms with Crippen molar-refractivity contribution >= 4 is 11.4 Å². The summed E-state index contributed by atoms with van der Waals surface area (Å²) in [5, 5.41) is 4.13. The van der Waals surface area contributed by atoms with Gasteiger partial charge in [0.2, 0.25) is 0 Å². The van der Waals surface area contributed by atoms with E-state index < -0.39 is 0 Å². The van der Waals surface area contributed by atoms with Gasteiger partial charge in [-0.2, -0.15) is 5.10 Å². The Morgan fingerprint density at radius 3 is 2.62 bits per heavy atom. The molecule has 0 atom stereocenters. The number of aromatic nitrogens is 2. The van der Waals surface area contributed by atoms with Crippen LogP contribution in [0.1, 0.15) is 17.5 Å². The zero-order chi connectivity index (χ0) is 18.1. The minimum Gasteiger partial charge on any atom is -0.374 e. The molecule has 2 aliphatic heterocycles. The van der Waals surface area contributed by atoms with E-state index in [1.54, 1.807) is 19.3 Å². The Hall–Kier alpha value is -2.34. The standard InChI is InChI=1S/C20H27N5O/c1-22-7-3-4-17-12-16(5-6-19(17)22)15-24-8-10-25(11-9-24)18-13-20(26)23(2)21-14-18/h5-6,12-14H,3-4,7-11,15H2,1-2H3. The third kappa shape index (κ3) is 3.46. The quantitative estimate of drug-likeness (QED) is 0.836. The van der Waals surface area contributed by atoms with Gasteiger partial charge in [-0.3, -0.25) is 9.69 Å². The smallest absolute Gasteiger partial charge is 0.268 e. The summed E-state index contributed by atoms with van der Waals surface area (Å²) in [7, 11) is 3.86. The van der Waals surface area contributed by atoms with Crippen molar-refractivity contribution in [2.24, 2.45) is 7.05 Å². The van der Waals surface area contributed by atoms with Crippen molar-refractivity contribution < 1.29 is 0 Å². The molecule has 4 rings (SSSR count). The summed E-state index contributed by atoms with van der Waals surface area (Å²) in [6, 6.07) is 8.63. The number of hydrogen-bond acceptors (Lipinski definition) is 5. The van der Waals surface area contributed by atoms with Crippen LogP contribution in [0.5, 0.6) is 0 Å². The van der Waals surface area contributed by atoms with Crippen LogP contribution in [0, 0.1) is 0 Å². The predicted molar refractivity (Wildman–Crippen MR) is 105 cm³/mol. The van der Waals surface area contributed by atoms with Crippen LogP contribution in [-0.4, -0.2) is 54.5 Å². The number of anilines is 2. The second-order valence-corrected chi connectivity index (χ2v) is 7.43. The van der Waals surface area contributed by atoms with Gasteiger partial charge in [0.1, 0.15) is 0 Å². The van der Waals surface area contributed by atoms with E-state index in [-0.39, 0.29) is 5.56 Å². The van der Waals surface area contributed by atoms with E-state index >= 15 is 0 Å². The lowest BCUT2D eigenvalue weighted by molar-refractivity contribution is 0.249. The van der Waals surface area contributed by atoms with Crippen LogP contribution in [0.2, 0.25) is 0 Å². The molecule has 2 aromatic rings. The van der Waals surface area contributed by atoms with Crippen molar-refractivity contribution in [1.29, 1.82) is 0 Å². The number of nitrogens with zero attached hydrogens (tertiary/aromatic N) is 5. The molecule has 1 saturated heterocycles. The van der Waals surface area contributed by atoms with Crippen molar-refractivity contribution in [3.8, 4) is 0 Å². The van der Waals surface area contributed by atoms with Gasteiger partial charge < -0.3 is 9.80 Å². The number of rotatable bonds is 3. The first kappa shape index (κ1) is 17.1. The molecular formula is C20H27N5O. The van der Waals surface area contributed by atoms with Crippen molar-refractivity contribution in [1.82, 2.24) is 14.7 Å². The topological polar surface area (TPSA) is 44.6 Å². The van der Waals surface area contributed by atoms with Gasteiger partial charge in [-0.15, -0.1) is 0 Å². The van der Waals surface area contributed by atoms with Crippen LogP contribution < -0.4 is 15.4 Å². The molecule has 1 aromatic heterocycles. The van der Waals surface area contributed by atoms with Crippen LogP contribution in [0.15, 0.2) is 35.3 Å². The molecule has 138 valence electrons. The Morgan fingerprint density at radius 2 is 1.85 bits per heavy atom. The molecule has 6 nitrogen and oxygen atoms in total. The number of aryl methyl sites for hydroxylation is 2. The highest BCUT2D eigenvalue weighted by Crippen LogP contribution is 2.27. The van der Waals surface area contributed by atoms with Crippen LogP contribution in [0.3, 0.4) is 0 Å². The summed E-state index contributed by atoms with van der Waals surface area (Å²) in [6.45, 7) is 6.04. The first-order valence-corrected chi connectivity index (χ1v) is 9.44. The van der Waals surface area contributed by atoms with E-state index in [1.807, 2.05) is 0 Å². The highest BCUT2D eigenvalue weighted by atomic mass is 16.1. The number of fused-ring (bicyclic) bond motifs is 1. The van der Waals surface area contributed by atoms with Crippen molar-refractivity contribution in [3.05, 3.63) is 51.9 Å². The van der Waals surface area contributed by atoms with Gasteiger partial charge in [-0.1, -0.05) is 12.1 Å². The van der Waals surface area contributed by atoms with Crippen LogP contribution in [0.25, 0.3) is 0 Å². The second-order valence-electron chi connectivity index (χ2n) is 7.43. The average Bonchev–Trinajstić information content (AvgIpc) is 2.65. The van der Waals surface area contributed by atoms with Crippen LogP contribution in [-0.2, 0) is 20.0 Å². The maximum Gasteiger partial charge on any atom is 0.268 e. The van der Waals surface area contributed by atoms with Gasteiger partial charge in [-0.05, 0) is 30.0 Å². The third-order valence-electron chi connectivity index (χ3n) is 5.59. The highest BCUT2D eigenvalue weighted by molar-refractivity contribution is 5.56. The molecule has 2 aliphatic rings. The lowest BCUT2D eigenvalue weighted by Crippen LogP contribution is -2.46. The number of benzene rings is 1. The van der Waals surface area contributed by atoms with E-state index in [0.29, 0.717) is 0 Å². The van der Waals surface area contributed by atoms with Gasteiger partial charge in [0.25, 0.3) is 5.56 Å². The number of hydrogen-bond donors (Lipinski definition) is 0. The average molecular weight is 353 g/mol. The molecule has 3 heterocycles. The normalized spacial score (nSPS) is 18.1. The second kappa shape index (κ2) is 7.11. The molecular weight excluding hydrogens is 326 g/mol. The van der Waals surface area contributed by atoms with Crippen LogP contribution in [0.4, 0.5) is 11.4 Å². The SMILES string of the molecule is CN1CCCc2cc(CN3CCN(c4cnn(C)c(=O)c4)CC3)ccc21. The Balaban J connectivity index is 1.38. The predicted octanol–water partition coefficient (Wildman–Crippen LogP) is 1.48. The summed E-state index contributed by atoms with van der Waals surface area (Å²) in [4.78, 5) is 18.9. The molecule has 0 saturated carbocycles.